The molecule has 0 heterocycles. The van der Waals surface area contributed by atoms with Crippen molar-refractivity contribution in [2.24, 2.45) is 0 Å². The van der Waals surface area contributed by atoms with E-state index in [2.05, 4.69) is 10.6 Å². The van der Waals surface area contributed by atoms with Gasteiger partial charge in [-0.3, -0.25) is 9.59 Å². The minimum absolute atomic E-state index is 0.208. The van der Waals surface area contributed by atoms with Crippen LogP contribution in [0.25, 0.3) is 0 Å². The maximum atomic E-state index is 11.4. The zero-order valence-corrected chi connectivity index (χ0v) is 9.84. The Morgan fingerprint density at radius 2 is 2.12 bits per heavy atom. The first-order chi connectivity index (χ1) is 8.06. The molecule has 0 spiro atoms. The molecule has 1 aromatic rings. The average molecular weight is 252 g/mol. The van der Waals surface area contributed by atoms with E-state index in [1.165, 1.54) is 0 Å². The summed E-state index contributed by atoms with van der Waals surface area (Å²) < 4.78 is 0. The van der Waals surface area contributed by atoms with Crippen LogP contribution in [-0.4, -0.2) is 18.4 Å². The molecule has 0 atom stereocenters. The Labute approximate surface area is 103 Å². The zero-order valence-electron chi connectivity index (χ0n) is 9.08. The van der Waals surface area contributed by atoms with Gasteiger partial charge in [0, 0.05) is 10.7 Å². The lowest BCUT2D eigenvalue weighted by Crippen LogP contribution is -2.35. The molecule has 0 saturated carbocycles. The second-order valence-corrected chi connectivity index (χ2v) is 3.61. The van der Waals surface area contributed by atoms with Gasteiger partial charge in [-0.15, -0.1) is 0 Å². The molecule has 0 aromatic heterocycles. The van der Waals surface area contributed by atoms with Crippen LogP contribution in [0.2, 0.25) is 5.02 Å². The number of halogens is 1. The zero-order chi connectivity index (χ0) is 12.8. The van der Waals surface area contributed by atoms with Crippen molar-refractivity contribution in [2.75, 3.05) is 11.9 Å². The SMILES string of the molecule is Cc1c(Cl)cccc1NC(=O)C(=O)NCC#N. The lowest BCUT2D eigenvalue weighted by atomic mass is 10.2. The van der Waals surface area contributed by atoms with E-state index in [1.807, 2.05) is 0 Å². The van der Waals surface area contributed by atoms with Gasteiger partial charge >= 0.3 is 11.8 Å². The Hall–Kier alpha value is -2.06. The van der Waals surface area contributed by atoms with E-state index in [-0.39, 0.29) is 6.54 Å². The van der Waals surface area contributed by atoms with Crippen molar-refractivity contribution in [2.45, 2.75) is 6.92 Å². The quantitative estimate of drug-likeness (QED) is 0.613. The number of nitrogens with zero attached hydrogens (tertiary/aromatic N) is 1. The monoisotopic (exact) mass is 251 g/mol. The summed E-state index contributed by atoms with van der Waals surface area (Å²) >= 11 is 5.87. The van der Waals surface area contributed by atoms with Crippen LogP contribution in [0.5, 0.6) is 0 Å². The molecule has 6 heteroatoms. The molecule has 1 aromatic carbocycles. The first kappa shape index (κ1) is 13.0. The van der Waals surface area contributed by atoms with Crippen LogP contribution < -0.4 is 10.6 Å². The topological polar surface area (TPSA) is 82.0 Å². The highest BCUT2D eigenvalue weighted by Gasteiger charge is 2.14. The number of benzene rings is 1. The normalized spacial score (nSPS) is 9.24. The Kier molecular flexibility index (Phi) is 4.49. The second-order valence-electron chi connectivity index (χ2n) is 3.21. The molecule has 2 amide bonds. The van der Waals surface area contributed by atoms with Crippen LogP contribution in [0.4, 0.5) is 5.69 Å². The van der Waals surface area contributed by atoms with Crippen LogP contribution in [0.3, 0.4) is 0 Å². The second kappa shape index (κ2) is 5.87. The fourth-order valence-corrected chi connectivity index (χ4v) is 1.30. The minimum atomic E-state index is -0.856. The molecule has 0 bridgehead atoms. The maximum Gasteiger partial charge on any atom is 0.313 e. The van der Waals surface area contributed by atoms with Crippen molar-refractivity contribution in [1.82, 2.24) is 5.32 Å². The molecule has 0 aliphatic heterocycles. The smallest absolute Gasteiger partial charge is 0.313 e. The van der Waals surface area contributed by atoms with Crippen molar-refractivity contribution < 1.29 is 9.59 Å². The van der Waals surface area contributed by atoms with Crippen molar-refractivity contribution in [3.8, 4) is 6.07 Å². The molecule has 88 valence electrons. The summed E-state index contributed by atoms with van der Waals surface area (Å²) in [6.07, 6.45) is 0. The summed E-state index contributed by atoms with van der Waals surface area (Å²) in [7, 11) is 0. The van der Waals surface area contributed by atoms with Crippen LogP contribution in [0.15, 0.2) is 18.2 Å². The Bertz CT molecular complexity index is 494. The highest BCUT2D eigenvalue weighted by molar-refractivity contribution is 6.40. The van der Waals surface area contributed by atoms with Crippen LogP contribution in [0, 0.1) is 18.3 Å². The molecule has 0 radical (unpaired) electrons. The van der Waals surface area contributed by atoms with Gasteiger partial charge in [-0.05, 0) is 24.6 Å². The van der Waals surface area contributed by atoms with Crippen molar-refractivity contribution in [3.63, 3.8) is 0 Å². The van der Waals surface area contributed by atoms with E-state index < -0.39 is 11.8 Å². The van der Waals surface area contributed by atoms with Crippen molar-refractivity contribution in [1.29, 1.82) is 5.26 Å². The molecule has 0 unspecified atom stereocenters. The number of rotatable bonds is 2. The van der Waals surface area contributed by atoms with Crippen LogP contribution in [0.1, 0.15) is 5.56 Å². The van der Waals surface area contributed by atoms with E-state index >= 15 is 0 Å². The number of carbonyl (C=O) groups is 2. The van der Waals surface area contributed by atoms with Gasteiger partial charge in [-0.1, -0.05) is 17.7 Å². The van der Waals surface area contributed by atoms with E-state index in [0.717, 1.165) is 0 Å². The molecule has 2 N–H and O–H groups in total. The van der Waals surface area contributed by atoms with E-state index in [0.29, 0.717) is 16.3 Å². The number of amides is 2. The summed E-state index contributed by atoms with van der Waals surface area (Å²) in [5, 5.41) is 13.3. The number of carbonyl (C=O) groups excluding carboxylic acids is 2. The van der Waals surface area contributed by atoms with Crippen LogP contribution >= 0.6 is 11.6 Å². The average Bonchev–Trinajstić information content (AvgIpc) is 2.31. The number of nitrogens with one attached hydrogen (secondary N) is 2. The summed E-state index contributed by atoms with van der Waals surface area (Å²) in [6.45, 7) is 1.52. The molecular formula is C11H10ClN3O2. The van der Waals surface area contributed by atoms with Gasteiger partial charge in [0.25, 0.3) is 0 Å². The summed E-state index contributed by atoms with van der Waals surface area (Å²) in [6, 6.07) is 6.69. The predicted molar refractivity (Wildman–Crippen MR) is 63.4 cm³/mol. The Morgan fingerprint density at radius 1 is 1.41 bits per heavy atom. The molecule has 5 nitrogen and oxygen atoms in total. The van der Waals surface area contributed by atoms with Gasteiger partial charge in [-0.2, -0.15) is 5.26 Å². The largest absolute Gasteiger partial charge is 0.335 e. The van der Waals surface area contributed by atoms with E-state index in [1.54, 1.807) is 31.2 Å². The van der Waals surface area contributed by atoms with Crippen molar-refractivity contribution in [3.05, 3.63) is 28.8 Å². The molecule has 1 rings (SSSR count). The van der Waals surface area contributed by atoms with Gasteiger partial charge in [0.2, 0.25) is 0 Å². The number of hydrogen-bond acceptors (Lipinski definition) is 3. The number of hydrogen-bond donors (Lipinski definition) is 2. The lowest BCUT2D eigenvalue weighted by molar-refractivity contribution is -0.136. The molecule has 0 aliphatic rings. The van der Waals surface area contributed by atoms with Gasteiger partial charge in [-0.25, -0.2) is 0 Å². The van der Waals surface area contributed by atoms with E-state index in [4.69, 9.17) is 16.9 Å². The standard InChI is InChI=1S/C11H10ClN3O2/c1-7-8(12)3-2-4-9(7)15-11(17)10(16)14-6-5-13/h2-4H,6H2,1H3,(H,14,16)(H,15,17). The first-order valence-corrected chi connectivity index (χ1v) is 5.15. The molecular weight excluding hydrogens is 242 g/mol. The minimum Gasteiger partial charge on any atom is -0.335 e. The Balaban J connectivity index is 2.72. The third kappa shape index (κ3) is 3.47. The van der Waals surface area contributed by atoms with Gasteiger partial charge in [0.15, 0.2) is 0 Å². The van der Waals surface area contributed by atoms with Gasteiger partial charge in [0.05, 0.1) is 6.07 Å². The summed E-state index contributed by atoms with van der Waals surface area (Å²) in [4.78, 5) is 22.6. The number of anilines is 1. The fourth-order valence-electron chi connectivity index (χ4n) is 1.12. The predicted octanol–water partition coefficient (Wildman–Crippen LogP) is 1.23. The Morgan fingerprint density at radius 3 is 2.76 bits per heavy atom. The third-order valence-electron chi connectivity index (χ3n) is 2.05. The van der Waals surface area contributed by atoms with E-state index in [9.17, 15) is 9.59 Å². The van der Waals surface area contributed by atoms with Gasteiger partial charge in [0.1, 0.15) is 6.54 Å². The fraction of sp³-hybridized carbons (Fsp3) is 0.182. The van der Waals surface area contributed by atoms with Crippen molar-refractivity contribution >= 4 is 29.1 Å². The van der Waals surface area contributed by atoms with Gasteiger partial charge < -0.3 is 10.6 Å². The third-order valence-corrected chi connectivity index (χ3v) is 2.46. The lowest BCUT2D eigenvalue weighted by Gasteiger charge is -2.08. The maximum absolute atomic E-state index is 11.4. The highest BCUT2D eigenvalue weighted by atomic mass is 35.5. The molecule has 0 fully saturated rings. The molecule has 17 heavy (non-hydrogen) atoms. The number of nitriles is 1. The highest BCUT2D eigenvalue weighted by Crippen LogP contribution is 2.22. The summed E-state index contributed by atoms with van der Waals surface area (Å²) in [5.74, 6) is -1.68. The summed E-state index contributed by atoms with van der Waals surface area (Å²) in [5.41, 5.74) is 1.14. The molecule has 0 aliphatic carbocycles. The first-order valence-electron chi connectivity index (χ1n) is 4.77. The van der Waals surface area contributed by atoms with Crippen LogP contribution in [-0.2, 0) is 9.59 Å². The molecule has 0 saturated heterocycles.